The van der Waals surface area contributed by atoms with E-state index in [2.05, 4.69) is 16.3 Å². The molecule has 6 nitrogen and oxygen atoms in total. The smallest absolute Gasteiger partial charge is 0.166 e. The molecule has 3 aromatic rings. The average Bonchev–Trinajstić information content (AvgIpc) is 3.32. The van der Waals surface area contributed by atoms with Crippen molar-refractivity contribution in [2.75, 3.05) is 33.4 Å². The fourth-order valence-corrected chi connectivity index (χ4v) is 5.09. The molecule has 0 spiro atoms. The molecule has 0 saturated carbocycles. The number of ketones is 1. The van der Waals surface area contributed by atoms with E-state index in [-0.39, 0.29) is 11.7 Å². The molecule has 1 fully saturated rings. The number of aromatic nitrogens is 1. The molecular formula is C25H26N2O4S. The van der Waals surface area contributed by atoms with Crippen molar-refractivity contribution in [3.63, 3.8) is 0 Å². The Balaban J connectivity index is 1.17. The van der Waals surface area contributed by atoms with E-state index in [1.165, 1.54) is 0 Å². The molecule has 0 aliphatic carbocycles. The minimum absolute atomic E-state index is 0.0524. The topological polar surface area (TPSA) is 60.9 Å². The zero-order valence-electron chi connectivity index (χ0n) is 18.1. The number of hydrogen-bond donors (Lipinski definition) is 0. The second kappa shape index (κ2) is 9.30. The first kappa shape index (κ1) is 21.0. The van der Waals surface area contributed by atoms with Gasteiger partial charge in [0.15, 0.2) is 17.3 Å². The Morgan fingerprint density at radius 2 is 1.94 bits per heavy atom. The second-order valence-corrected chi connectivity index (χ2v) is 9.01. The van der Waals surface area contributed by atoms with Crippen LogP contribution in [0.5, 0.6) is 17.2 Å². The van der Waals surface area contributed by atoms with Crippen LogP contribution in [0.15, 0.2) is 47.8 Å². The van der Waals surface area contributed by atoms with Gasteiger partial charge in [-0.25, -0.2) is 4.98 Å². The zero-order chi connectivity index (χ0) is 21.9. The lowest BCUT2D eigenvalue weighted by atomic mass is 9.88. The molecule has 2 aliphatic rings. The number of methoxy groups -OCH3 is 1. The number of hydrogen-bond acceptors (Lipinski definition) is 7. The van der Waals surface area contributed by atoms with Gasteiger partial charge in [0, 0.05) is 29.0 Å². The van der Waals surface area contributed by atoms with Crippen LogP contribution in [-0.2, 0) is 6.54 Å². The summed E-state index contributed by atoms with van der Waals surface area (Å²) in [4.78, 5) is 20.2. The van der Waals surface area contributed by atoms with E-state index in [4.69, 9.17) is 19.2 Å². The Kier molecular flexibility index (Phi) is 6.10. The number of rotatable bonds is 6. The number of Topliss-reactive ketones (excluding diaryl/α,β-unsaturated/α-hetero) is 1. The normalized spacial score (nSPS) is 16.7. The van der Waals surface area contributed by atoms with Gasteiger partial charge in [0.05, 0.1) is 12.8 Å². The zero-order valence-corrected chi connectivity index (χ0v) is 18.9. The van der Waals surface area contributed by atoms with E-state index in [9.17, 15) is 4.79 Å². The molecule has 2 aliphatic heterocycles. The number of fused-ring (bicyclic) bond motifs is 1. The Morgan fingerprint density at radius 3 is 2.75 bits per heavy atom. The van der Waals surface area contributed by atoms with Crippen LogP contribution in [0.2, 0.25) is 0 Å². The van der Waals surface area contributed by atoms with Crippen LogP contribution < -0.4 is 14.2 Å². The van der Waals surface area contributed by atoms with E-state index >= 15 is 0 Å². The van der Waals surface area contributed by atoms with Gasteiger partial charge in [-0.1, -0.05) is 12.1 Å². The molecule has 0 amide bonds. The quantitative estimate of drug-likeness (QED) is 0.508. The summed E-state index contributed by atoms with van der Waals surface area (Å²) in [5, 5.41) is 3.13. The SMILES string of the molecule is COc1cccc(-c2nc(CN3CCC(C(=O)c4ccc5c(c4)OCCO5)CC3)cs2)c1. The number of nitrogens with zero attached hydrogens (tertiary/aromatic N) is 2. The standard InChI is InChI=1S/C25H26N2O4S/c1-29-21-4-2-3-19(13-21)25-26-20(16-32-25)15-27-9-7-17(8-10-27)24(28)18-5-6-22-23(14-18)31-12-11-30-22/h2-6,13-14,16-17H,7-12,15H2,1H3. The summed E-state index contributed by atoms with van der Waals surface area (Å²) < 4.78 is 16.5. The Hall–Kier alpha value is -2.90. The van der Waals surface area contributed by atoms with Crippen molar-refractivity contribution in [2.24, 2.45) is 5.92 Å². The van der Waals surface area contributed by atoms with Crippen LogP contribution in [0.4, 0.5) is 0 Å². The summed E-state index contributed by atoms with van der Waals surface area (Å²) in [5.74, 6) is 2.49. The van der Waals surface area contributed by atoms with Gasteiger partial charge in [0.25, 0.3) is 0 Å². The number of ether oxygens (including phenoxy) is 3. The van der Waals surface area contributed by atoms with Crippen molar-refractivity contribution in [3.05, 3.63) is 59.1 Å². The lowest BCUT2D eigenvalue weighted by Gasteiger charge is -2.30. The van der Waals surface area contributed by atoms with Gasteiger partial charge in [-0.15, -0.1) is 11.3 Å². The molecule has 7 heteroatoms. The Labute approximate surface area is 191 Å². The van der Waals surface area contributed by atoms with Crippen LogP contribution in [0, 0.1) is 5.92 Å². The van der Waals surface area contributed by atoms with Crippen molar-refractivity contribution in [2.45, 2.75) is 19.4 Å². The summed E-state index contributed by atoms with van der Waals surface area (Å²) in [5.41, 5.74) is 2.86. The lowest BCUT2D eigenvalue weighted by Crippen LogP contribution is -2.36. The molecule has 0 atom stereocenters. The molecular weight excluding hydrogens is 424 g/mol. The highest BCUT2D eigenvalue weighted by atomic mass is 32.1. The van der Waals surface area contributed by atoms with Gasteiger partial charge in [-0.05, 0) is 56.3 Å². The summed E-state index contributed by atoms with van der Waals surface area (Å²) in [6.07, 6.45) is 1.72. The molecule has 0 radical (unpaired) electrons. The van der Waals surface area contributed by atoms with Crippen LogP contribution >= 0.6 is 11.3 Å². The van der Waals surface area contributed by atoms with E-state index < -0.39 is 0 Å². The average molecular weight is 451 g/mol. The van der Waals surface area contributed by atoms with E-state index in [1.807, 2.05) is 36.4 Å². The molecule has 0 N–H and O–H groups in total. The lowest BCUT2D eigenvalue weighted by molar-refractivity contribution is 0.0833. The first-order valence-corrected chi connectivity index (χ1v) is 11.8. The fraction of sp³-hybridized carbons (Fsp3) is 0.360. The largest absolute Gasteiger partial charge is 0.497 e. The van der Waals surface area contributed by atoms with E-state index in [0.29, 0.717) is 19.0 Å². The number of carbonyl (C=O) groups excluding carboxylic acids is 1. The molecule has 0 bridgehead atoms. The molecule has 166 valence electrons. The second-order valence-electron chi connectivity index (χ2n) is 8.15. The Bertz CT molecular complexity index is 1100. The van der Waals surface area contributed by atoms with Gasteiger partial charge < -0.3 is 14.2 Å². The summed E-state index contributed by atoms with van der Waals surface area (Å²) >= 11 is 1.65. The maximum Gasteiger partial charge on any atom is 0.166 e. The number of carbonyl (C=O) groups is 1. The molecule has 3 heterocycles. The van der Waals surface area contributed by atoms with E-state index in [1.54, 1.807) is 18.4 Å². The summed E-state index contributed by atoms with van der Waals surface area (Å²) in [6, 6.07) is 13.5. The highest BCUT2D eigenvalue weighted by Crippen LogP contribution is 2.33. The van der Waals surface area contributed by atoms with Crippen LogP contribution in [-0.4, -0.2) is 49.1 Å². The van der Waals surface area contributed by atoms with Gasteiger partial charge >= 0.3 is 0 Å². The van der Waals surface area contributed by atoms with Gasteiger partial charge in [-0.2, -0.15) is 0 Å². The number of thiazole rings is 1. The van der Waals surface area contributed by atoms with Gasteiger partial charge in [0.2, 0.25) is 0 Å². The van der Waals surface area contributed by atoms with Crippen molar-refractivity contribution in [1.82, 2.24) is 9.88 Å². The molecule has 32 heavy (non-hydrogen) atoms. The first-order chi connectivity index (χ1) is 15.7. The molecule has 2 aromatic carbocycles. The predicted octanol–water partition coefficient (Wildman–Crippen LogP) is 4.68. The van der Waals surface area contributed by atoms with Crippen LogP contribution in [0.1, 0.15) is 28.9 Å². The number of likely N-dealkylation sites (tertiary alicyclic amines) is 1. The monoisotopic (exact) mass is 450 g/mol. The van der Waals surface area contributed by atoms with Crippen LogP contribution in [0.25, 0.3) is 10.6 Å². The number of piperidine rings is 1. The maximum atomic E-state index is 13.0. The van der Waals surface area contributed by atoms with Crippen LogP contribution in [0.3, 0.4) is 0 Å². The maximum absolute atomic E-state index is 13.0. The minimum atomic E-state index is 0.0524. The van der Waals surface area contributed by atoms with Crippen molar-refractivity contribution >= 4 is 17.1 Å². The predicted molar refractivity (Wildman–Crippen MR) is 124 cm³/mol. The highest BCUT2D eigenvalue weighted by Gasteiger charge is 2.27. The third-order valence-corrected chi connectivity index (χ3v) is 6.98. The first-order valence-electron chi connectivity index (χ1n) is 10.9. The fourth-order valence-electron chi connectivity index (χ4n) is 4.28. The third kappa shape index (κ3) is 4.49. The van der Waals surface area contributed by atoms with Crippen molar-refractivity contribution < 1.29 is 19.0 Å². The number of benzene rings is 2. The third-order valence-electron chi connectivity index (χ3n) is 6.04. The van der Waals surface area contributed by atoms with Crippen molar-refractivity contribution in [1.29, 1.82) is 0 Å². The summed E-state index contributed by atoms with van der Waals surface area (Å²) in [7, 11) is 1.68. The van der Waals surface area contributed by atoms with Crippen molar-refractivity contribution in [3.8, 4) is 27.8 Å². The molecule has 5 rings (SSSR count). The van der Waals surface area contributed by atoms with Gasteiger partial charge in [-0.3, -0.25) is 9.69 Å². The van der Waals surface area contributed by atoms with Gasteiger partial charge in [0.1, 0.15) is 24.0 Å². The summed E-state index contributed by atoms with van der Waals surface area (Å²) in [6.45, 7) is 3.68. The highest BCUT2D eigenvalue weighted by molar-refractivity contribution is 7.13. The molecule has 0 unspecified atom stereocenters. The Morgan fingerprint density at radius 1 is 1.12 bits per heavy atom. The minimum Gasteiger partial charge on any atom is -0.497 e. The molecule has 1 aromatic heterocycles. The molecule has 1 saturated heterocycles. The van der Waals surface area contributed by atoms with E-state index in [0.717, 1.165) is 65.8 Å².